The van der Waals surface area contributed by atoms with Crippen LogP contribution in [0.15, 0.2) is 84.5 Å². The van der Waals surface area contributed by atoms with E-state index < -0.39 is 0 Å². The topological polar surface area (TPSA) is 101 Å². The number of anilines is 2. The predicted molar refractivity (Wildman–Crippen MR) is 126 cm³/mol. The van der Waals surface area contributed by atoms with Crippen molar-refractivity contribution in [3.8, 4) is 11.3 Å². The van der Waals surface area contributed by atoms with Crippen molar-refractivity contribution in [1.29, 1.82) is 0 Å². The monoisotopic (exact) mass is 443 g/mol. The number of carbonyl (C=O) groups is 2. The second-order valence-electron chi connectivity index (χ2n) is 7.09. The molecule has 0 unspecified atom stereocenters. The summed E-state index contributed by atoms with van der Waals surface area (Å²) in [5.74, 6) is -0.544. The highest BCUT2D eigenvalue weighted by atomic mass is 32.1. The van der Waals surface area contributed by atoms with Crippen LogP contribution < -0.4 is 11.1 Å². The van der Waals surface area contributed by atoms with Gasteiger partial charge in [-0.1, -0.05) is 42.5 Å². The number of thiazole rings is 1. The molecule has 0 radical (unpaired) electrons. The largest absolute Gasteiger partial charge is 0.375 e. The number of nitrogen functional groups attached to an aromatic ring is 1. The zero-order valence-electron chi connectivity index (χ0n) is 17.1. The van der Waals surface area contributed by atoms with Crippen LogP contribution in [-0.2, 0) is 11.3 Å². The molecule has 0 atom stereocenters. The van der Waals surface area contributed by atoms with Crippen LogP contribution in [0.5, 0.6) is 0 Å². The SMILES string of the molecule is Nc1nc(-c2ccc(NC(=O)CN(Cc3ccccc3)C(=O)c3cccnc3)cc2)cs1. The van der Waals surface area contributed by atoms with Gasteiger partial charge in [0.1, 0.15) is 6.54 Å². The van der Waals surface area contributed by atoms with E-state index in [0.29, 0.717) is 22.9 Å². The average Bonchev–Trinajstić information content (AvgIpc) is 3.26. The molecule has 0 spiro atoms. The number of pyridine rings is 1. The molecule has 2 heterocycles. The molecule has 7 nitrogen and oxygen atoms in total. The highest BCUT2D eigenvalue weighted by molar-refractivity contribution is 7.13. The minimum atomic E-state index is -0.288. The van der Waals surface area contributed by atoms with E-state index in [1.165, 1.54) is 22.4 Å². The molecule has 32 heavy (non-hydrogen) atoms. The molecule has 0 saturated heterocycles. The van der Waals surface area contributed by atoms with Gasteiger partial charge in [-0.2, -0.15) is 0 Å². The van der Waals surface area contributed by atoms with Gasteiger partial charge in [0.15, 0.2) is 5.13 Å². The van der Waals surface area contributed by atoms with Crippen molar-refractivity contribution in [2.45, 2.75) is 6.54 Å². The lowest BCUT2D eigenvalue weighted by molar-refractivity contribution is -0.117. The molecular weight excluding hydrogens is 422 g/mol. The maximum Gasteiger partial charge on any atom is 0.256 e. The second-order valence-corrected chi connectivity index (χ2v) is 7.97. The Morgan fingerprint density at radius 2 is 1.78 bits per heavy atom. The molecule has 4 aromatic rings. The van der Waals surface area contributed by atoms with Crippen LogP contribution >= 0.6 is 11.3 Å². The number of amides is 2. The summed E-state index contributed by atoms with van der Waals surface area (Å²) in [5.41, 5.74) is 9.40. The Morgan fingerprint density at radius 1 is 1.00 bits per heavy atom. The van der Waals surface area contributed by atoms with Crippen LogP contribution in [0.4, 0.5) is 10.8 Å². The van der Waals surface area contributed by atoms with Gasteiger partial charge in [-0.3, -0.25) is 14.6 Å². The van der Waals surface area contributed by atoms with Gasteiger partial charge >= 0.3 is 0 Å². The van der Waals surface area contributed by atoms with Crippen LogP contribution in [0.1, 0.15) is 15.9 Å². The Kier molecular flexibility index (Phi) is 6.52. The fourth-order valence-corrected chi connectivity index (χ4v) is 3.77. The first-order valence-electron chi connectivity index (χ1n) is 9.93. The molecule has 4 rings (SSSR count). The number of hydrogen-bond donors (Lipinski definition) is 2. The maximum atomic E-state index is 13.0. The van der Waals surface area contributed by atoms with Gasteiger partial charge < -0.3 is 16.0 Å². The molecule has 0 fully saturated rings. The minimum absolute atomic E-state index is 0.0903. The van der Waals surface area contributed by atoms with Crippen LogP contribution in [0.3, 0.4) is 0 Å². The standard InChI is InChI=1S/C24H21N5O2S/c25-24-28-21(16-32-24)18-8-10-20(11-9-18)27-22(30)15-29(14-17-5-2-1-3-6-17)23(31)19-7-4-12-26-13-19/h1-13,16H,14-15H2,(H2,25,28)(H,27,30). The lowest BCUT2D eigenvalue weighted by atomic mass is 10.1. The number of rotatable bonds is 7. The Labute approximate surface area is 189 Å². The van der Waals surface area contributed by atoms with Gasteiger partial charge in [0.25, 0.3) is 5.91 Å². The Bertz CT molecular complexity index is 1190. The van der Waals surface area contributed by atoms with E-state index >= 15 is 0 Å². The number of nitrogens with two attached hydrogens (primary N) is 1. The van der Waals surface area contributed by atoms with E-state index in [1.807, 2.05) is 47.8 Å². The van der Waals surface area contributed by atoms with E-state index in [1.54, 1.807) is 30.5 Å². The fraction of sp³-hybridized carbons (Fsp3) is 0.0833. The zero-order valence-corrected chi connectivity index (χ0v) is 18.0. The van der Waals surface area contributed by atoms with Crippen molar-refractivity contribution < 1.29 is 9.59 Å². The molecule has 3 N–H and O–H groups in total. The maximum absolute atomic E-state index is 13.0. The van der Waals surface area contributed by atoms with Gasteiger partial charge in [0.05, 0.1) is 11.3 Å². The summed E-state index contributed by atoms with van der Waals surface area (Å²) in [4.78, 5) is 35.6. The Morgan fingerprint density at radius 3 is 2.44 bits per heavy atom. The third-order valence-corrected chi connectivity index (χ3v) is 5.41. The normalized spacial score (nSPS) is 10.5. The van der Waals surface area contributed by atoms with Crippen LogP contribution in [0, 0.1) is 0 Å². The van der Waals surface area contributed by atoms with Gasteiger partial charge in [0, 0.05) is 35.6 Å². The first kappa shape index (κ1) is 21.2. The second kappa shape index (κ2) is 9.84. The molecule has 2 aromatic heterocycles. The summed E-state index contributed by atoms with van der Waals surface area (Å²) < 4.78 is 0. The highest BCUT2D eigenvalue weighted by Gasteiger charge is 2.19. The quantitative estimate of drug-likeness (QED) is 0.448. The molecule has 2 amide bonds. The number of nitrogens with zero attached hydrogens (tertiary/aromatic N) is 3. The highest BCUT2D eigenvalue weighted by Crippen LogP contribution is 2.24. The van der Waals surface area contributed by atoms with Crippen molar-refractivity contribution in [3.63, 3.8) is 0 Å². The summed E-state index contributed by atoms with van der Waals surface area (Å²) in [6, 6.07) is 20.3. The van der Waals surface area contributed by atoms with Gasteiger partial charge in [0.2, 0.25) is 5.91 Å². The molecule has 0 aliphatic carbocycles. The Balaban J connectivity index is 1.46. The molecular formula is C24H21N5O2S. The average molecular weight is 444 g/mol. The van der Waals surface area contributed by atoms with E-state index in [-0.39, 0.29) is 18.4 Å². The lowest BCUT2D eigenvalue weighted by Crippen LogP contribution is -2.37. The number of carbonyl (C=O) groups excluding carboxylic acids is 2. The first-order valence-corrected chi connectivity index (χ1v) is 10.8. The van der Waals surface area contributed by atoms with Crippen LogP contribution in [0.2, 0.25) is 0 Å². The zero-order chi connectivity index (χ0) is 22.3. The van der Waals surface area contributed by atoms with Crippen molar-refractivity contribution in [1.82, 2.24) is 14.9 Å². The molecule has 8 heteroatoms. The number of benzene rings is 2. The van der Waals surface area contributed by atoms with Gasteiger partial charge in [-0.15, -0.1) is 11.3 Å². The first-order chi connectivity index (χ1) is 15.6. The smallest absolute Gasteiger partial charge is 0.256 e. The van der Waals surface area contributed by atoms with Crippen LogP contribution in [0.25, 0.3) is 11.3 Å². The summed E-state index contributed by atoms with van der Waals surface area (Å²) >= 11 is 1.38. The van der Waals surface area contributed by atoms with Crippen molar-refractivity contribution >= 4 is 34.0 Å². The van der Waals surface area contributed by atoms with Gasteiger partial charge in [-0.05, 0) is 29.8 Å². The summed E-state index contributed by atoms with van der Waals surface area (Å²) in [5, 5.41) is 5.25. The molecule has 160 valence electrons. The number of hydrogen-bond acceptors (Lipinski definition) is 6. The minimum Gasteiger partial charge on any atom is -0.375 e. The Hall–Kier alpha value is -4.04. The van der Waals surface area contributed by atoms with Crippen molar-refractivity contribution in [3.05, 3.63) is 95.6 Å². The van der Waals surface area contributed by atoms with Gasteiger partial charge in [-0.25, -0.2) is 4.98 Å². The van der Waals surface area contributed by atoms with Crippen molar-refractivity contribution in [2.24, 2.45) is 0 Å². The molecule has 0 bridgehead atoms. The third-order valence-electron chi connectivity index (χ3n) is 4.73. The fourth-order valence-electron chi connectivity index (χ4n) is 3.19. The van der Waals surface area contributed by atoms with Crippen molar-refractivity contribution in [2.75, 3.05) is 17.6 Å². The molecule has 0 saturated carbocycles. The number of aromatic nitrogens is 2. The van der Waals surface area contributed by atoms with Crippen LogP contribution in [-0.4, -0.2) is 33.2 Å². The predicted octanol–water partition coefficient (Wildman–Crippen LogP) is 4.07. The van der Waals surface area contributed by atoms with E-state index in [2.05, 4.69) is 15.3 Å². The van der Waals surface area contributed by atoms with E-state index in [9.17, 15) is 9.59 Å². The third kappa shape index (κ3) is 5.35. The molecule has 0 aliphatic heterocycles. The summed E-state index contributed by atoms with van der Waals surface area (Å²) in [6.07, 6.45) is 3.11. The summed E-state index contributed by atoms with van der Waals surface area (Å²) in [7, 11) is 0. The number of nitrogens with one attached hydrogen (secondary N) is 1. The molecule has 0 aliphatic rings. The van der Waals surface area contributed by atoms with E-state index in [4.69, 9.17) is 5.73 Å². The van der Waals surface area contributed by atoms with E-state index in [0.717, 1.165) is 16.8 Å². The molecule has 2 aromatic carbocycles. The lowest BCUT2D eigenvalue weighted by Gasteiger charge is -2.22. The summed E-state index contributed by atoms with van der Waals surface area (Å²) in [6.45, 7) is 0.221.